The van der Waals surface area contributed by atoms with Crippen LogP contribution in [0, 0.1) is 6.54 Å². The van der Waals surface area contributed by atoms with Crippen LogP contribution in [0.4, 0.5) is 0 Å². The number of allylic oxidation sites excluding steroid dienone is 2. The van der Waals surface area contributed by atoms with Crippen molar-refractivity contribution in [3.63, 3.8) is 0 Å². The van der Waals surface area contributed by atoms with Crippen LogP contribution in [0.25, 0.3) is 0 Å². The van der Waals surface area contributed by atoms with Gasteiger partial charge in [0.15, 0.2) is 0 Å². The maximum Gasteiger partial charge on any atom is 0.130 e. The van der Waals surface area contributed by atoms with E-state index < -0.39 is 0 Å². The Kier molecular flexibility index (Phi) is 3.64. The van der Waals surface area contributed by atoms with Crippen LogP contribution in [-0.4, -0.2) is 29.7 Å². The molecular formula is C16H17N4O. The summed E-state index contributed by atoms with van der Waals surface area (Å²) >= 11 is 0. The van der Waals surface area contributed by atoms with Crippen molar-refractivity contribution in [2.75, 3.05) is 13.7 Å². The van der Waals surface area contributed by atoms with E-state index in [1.54, 1.807) is 6.21 Å². The Bertz CT molecular complexity index is 628. The van der Waals surface area contributed by atoms with Crippen LogP contribution < -0.4 is 10.6 Å². The lowest BCUT2D eigenvalue weighted by atomic mass is 10.2. The molecule has 1 aromatic carbocycles. The molecule has 0 atom stereocenters. The quantitative estimate of drug-likeness (QED) is 0.521. The van der Waals surface area contributed by atoms with Crippen LogP contribution in [0.2, 0.25) is 0 Å². The highest BCUT2D eigenvalue weighted by molar-refractivity contribution is 5.79. The Morgan fingerprint density at radius 3 is 2.76 bits per heavy atom. The second-order valence-electron chi connectivity index (χ2n) is 4.78. The fourth-order valence-corrected chi connectivity index (χ4v) is 2.26. The molecule has 0 spiro atoms. The molecule has 0 unspecified atom stereocenters. The van der Waals surface area contributed by atoms with Crippen LogP contribution in [0.3, 0.4) is 0 Å². The maximum absolute atomic E-state index is 5.83. The van der Waals surface area contributed by atoms with E-state index in [2.05, 4.69) is 27.2 Å². The average molecular weight is 281 g/mol. The van der Waals surface area contributed by atoms with Crippen LogP contribution in [0.1, 0.15) is 5.56 Å². The Hall–Kier alpha value is -2.69. The first kappa shape index (κ1) is 13.3. The van der Waals surface area contributed by atoms with Crippen molar-refractivity contribution in [1.82, 2.24) is 9.80 Å². The van der Waals surface area contributed by atoms with Gasteiger partial charge in [0.25, 0.3) is 0 Å². The third-order valence-corrected chi connectivity index (χ3v) is 3.42. The van der Waals surface area contributed by atoms with Gasteiger partial charge < -0.3 is 20.4 Å². The number of nitrogens with two attached hydrogens (primary N) is 1. The summed E-state index contributed by atoms with van der Waals surface area (Å²) in [5.41, 5.74) is 2.05. The number of fused-ring (bicyclic) bond motifs is 1. The van der Waals surface area contributed by atoms with Gasteiger partial charge in [-0.2, -0.15) is 5.10 Å². The topological polar surface area (TPSA) is 54.1 Å². The summed E-state index contributed by atoms with van der Waals surface area (Å²) in [6.07, 6.45) is 9.78. The van der Waals surface area contributed by atoms with Crippen LogP contribution in [0.5, 0.6) is 5.75 Å². The highest BCUT2D eigenvalue weighted by Crippen LogP contribution is 2.28. The number of ether oxygens (including phenoxy) is 1. The summed E-state index contributed by atoms with van der Waals surface area (Å²) in [6.45, 7) is 2.54. The molecule has 0 aliphatic carbocycles. The Balaban J connectivity index is 1.63. The third kappa shape index (κ3) is 2.76. The van der Waals surface area contributed by atoms with E-state index in [1.165, 1.54) is 0 Å². The van der Waals surface area contributed by atoms with Crippen molar-refractivity contribution >= 4 is 6.21 Å². The van der Waals surface area contributed by atoms with E-state index in [1.807, 2.05) is 50.0 Å². The summed E-state index contributed by atoms with van der Waals surface area (Å²) in [5, 5.41) is 3.49. The highest BCUT2D eigenvalue weighted by atomic mass is 16.5. The molecule has 2 heterocycles. The molecule has 0 aromatic heterocycles. The number of likely N-dealkylation sites (N-methyl/N-ethyl adjacent to an activating group) is 1. The van der Waals surface area contributed by atoms with Gasteiger partial charge in [0.2, 0.25) is 0 Å². The first-order valence-electron chi connectivity index (χ1n) is 6.68. The lowest BCUT2D eigenvalue weighted by Gasteiger charge is -2.23. The van der Waals surface area contributed by atoms with E-state index in [0.717, 1.165) is 22.8 Å². The Labute approximate surface area is 124 Å². The van der Waals surface area contributed by atoms with Gasteiger partial charge in [-0.15, -0.1) is 0 Å². The molecule has 2 aliphatic heterocycles. The van der Waals surface area contributed by atoms with Crippen molar-refractivity contribution in [2.45, 2.75) is 0 Å². The normalized spacial score (nSPS) is 17.0. The molecule has 2 aliphatic rings. The van der Waals surface area contributed by atoms with Crippen molar-refractivity contribution in [2.24, 2.45) is 10.9 Å². The average Bonchev–Trinajstić information content (AvgIpc) is 2.84. The van der Waals surface area contributed by atoms with Gasteiger partial charge in [0, 0.05) is 13.2 Å². The summed E-state index contributed by atoms with van der Waals surface area (Å²) < 4.78 is 5.83. The predicted molar refractivity (Wildman–Crippen MR) is 82.9 cm³/mol. The van der Waals surface area contributed by atoms with Crippen LogP contribution in [0.15, 0.2) is 65.3 Å². The molecule has 3 rings (SSSR count). The van der Waals surface area contributed by atoms with Gasteiger partial charge >= 0.3 is 0 Å². The first-order chi connectivity index (χ1) is 10.3. The first-order valence-corrected chi connectivity index (χ1v) is 6.68. The second-order valence-corrected chi connectivity index (χ2v) is 4.78. The van der Waals surface area contributed by atoms with Gasteiger partial charge in [0.1, 0.15) is 18.2 Å². The van der Waals surface area contributed by atoms with Gasteiger partial charge in [0.05, 0.1) is 18.5 Å². The SMILES string of the molecule is CN1C(COc2ccc(/C=N\N)cc2)=CN2[CH]C=CC=C21. The monoisotopic (exact) mass is 281 g/mol. The Morgan fingerprint density at radius 2 is 2.05 bits per heavy atom. The molecule has 0 saturated heterocycles. The number of rotatable bonds is 4. The smallest absolute Gasteiger partial charge is 0.130 e. The number of hydrogen-bond donors (Lipinski definition) is 1. The number of hydrogen-bond acceptors (Lipinski definition) is 5. The van der Waals surface area contributed by atoms with Crippen LogP contribution in [-0.2, 0) is 0 Å². The minimum atomic E-state index is 0.516. The molecule has 107 valence electrons. The zero-order valence-electron chi connectivity index (χ0n) is 11.8. The molecule has 2 N–H and O–H groups in total. The summed E-state index contributed by atoms with van der Waals surface area (Å²) in [4.78, 5) is 4.20. The van der Waals surface area contributed by atoms with Crippen molar-refractivity contribution < 1.29 is 4.74 Å². The maximum atomic E-state index is 5.83. The largest absolute Gasteiger partial charge is 0.487 e. The summed E-state index contributed by atoms with van der Waals surface area (Å²) in [6, 6.07) is 7.66. The lowest BCUT2D eigenvalue weighted by Crippen LogP contribution is -2.22. The minimum absolute atomic E-state index is 0.516. The molecule has 1 aromatic rings. The molecule has 0 saturated carbocycles. The fraction of sp³-hybridized carbons (Fsp3) is 0.125. The van der Waals surface area contributed by atoms with Gasteiger partial charge in [-0.1, -0.05) is 12.2 Å². The molecule has 5 nitrogen and oxygen atoms in total. The number of benzene rings is 1. The number of nitrogens with zero attached hydrogens (tertiary/aromatic N) is 3. The minimum Gasteiger partial charge on any atom is -0.487 e. The zero-order valence-corrected chi connectivity index (χ0v) is 11.8. The van der Waals surface area contributed by atoms with E-state index >= 15 is 0 Å². The van der Waals surface area contributed by atoms with E-state index in [9.17, 15) is 0 Å². The van der Waals surface area contributed by atoms with Crippen molar-refractivity contribution in [3.8, 4) is 5.75 Å². The highest BCUT2D eigenvalue weighted by Gasteiger charge is 2.24. The molecule has 0 amide bonds. The Morgan fingerprint density at radius 1 is 1.24 bits per heavy atom. The van der Waals surface area contributed by atoms with Gasteiger partial charge in [-0.3, -0.25) is 0 Å². The van der Waals surface area contributed by atoms with Crippen LogP contribution >= 0.6 is 0 Å². The molecule has 0 fully saturated rings. The number of hydrazone groups is 1. The molecule has 21 heavy (non-hydrogen) atoms. The van der Waals surface area contributed by atoms with E-state index in [-0.39, 0.29) is 0 Å². The summed E-state index contributed by atoms with van der Waals surface area (Å²) in [5.74, 6) is 7.07. The van der Waals surface area contributed by atoms with Gasteiger partial charge in [-0.05, 0) is 35.9 Å². The molecule has 1 radical (unpaired) electrons. The van der Waals surface area contributed by atoms with E-state index in [4.69, 9.17) is 10.6 Å². The summed E-state index contributed by atoms with van der Waals surface area (Å²) in [7, 11) is 2.04. The van der Waals surface area contributed by atoms with E-state index in [0.29, 0.717) is 6.61 Å². The standard InChI is InChI=1S/C16H17N4O/c1-19-14(11-20-9-3-2-4-16(19)20)12-21-15-7-5-13(6-8-15)10-18-17/h2-11H,12,17H2,1H3/b18-10-. The molecule has 0 bridgehead atoms. The second kappa shape index (κ2) is 5.75. The van der Waals surface area contributed by atoms with Gasteiger partial charge in [-0.25, -0.2) is 0 Å². The van der Waals surface area contributed by atoms with Crippen molar-refractivity contribution in [3.05, 3.63) is 72.3 Å². The lowest BCUT2D eigenvalue weighted by molar-refractivity contribution is 0.312. The zero-order chi connectivity index (χ0) is 14.7. The molecule has 5 heteroatoms. The predicted octanol–water partition coefficient (Wildman–Crippen LogP) is 2.02. The third-order valence-electron chi connectivity index (χ3n) is 3.42. The fourth-order valence-electron chi connectivity index (χ4n) is 2.26. The van der Waals surface area contributed by atoms with Crippen molar-refractivity contribution in [1.29, 1.82) is 0 Å². The molecular weight excluding hydrogens is 264 g/mol.